The minimum atomic E-state index is -5.32. The molecule has 5 rings (SSSR count). The first kappa shape index (κ1) is 38.6. The maximum atomic E-state index is 13.5. The standard InChI is InChI=1S/C28H23N9O7S2.2Na/c29-16-6-11-21(20(30)14-16)35-32-18-7-9-19(10-8-18)34-36-26-22(45(39,40)41)12-15-13-23(46(42,43)44)27(28(38)24(15)25(26)31)37-33-17-4-2-1-3-5-17;;/h1-14,33H,29-31H2,(H,39,40,41)(H,42,43,44);;/q;2*+1/p-2/b35-32?,36-34?,37-27-;;. The molecular weight excluding hydrogens is 684 g/mol. The van der Waals surface area contributed by atoms with Crippen molar-refractivity contribution in [3.63, 3.8) is 0 Å². The van der Waals surface area contributed by atoms with Crippen LogP contribution in [0.2, 0.25) is 0 Å². The monoisotopic (exact) mass is 705 g/mol. The number of azo groups is 2. The smallest absolute Gasteiger partial charge is 0.744 e. The molecule has 0 unspecified atom stereocenters. The zero-order valence-electron chi connectivity index (χ0n) is 25.2. The molecule has 0 fully saturated rings. The number of ketones is 1. The van der Waals surface area contributed by atoms with Gasteiger partial charge in [-0.1, -0.05) is 18.2 Å². The van der Waals surface area contributed by atoms with E-state index in [0.29, 0.717) is 40.6 Å². The van der Waals surface area contributed by atoms with E-state index in [-0.39, 0.29) is 64.8 Å². The molecule has 1 aliphatic carbocycles. The molecule has 0 amide bonds. The third-order valence-corrected chi connectivity index (χ3v) is 8.04. The van der Waals surface area contributed by atoms with Crippen LogP contribution >= 0.6 is 0 Å². The number of nitrogen functional groups attached to an aromatic ring is 3. The van der Waals surface area contributed by atoms with Gasteiger partial charge in [0.2, 0.25) is 5.78 Å². The number of para-hydroxylation sites is 1. The van der Waals surface area contributed by atoms with E-state index < -0.39 is 64.0 Å². The Kier molecular flexibility index (Phi) is 12.6. The second kappa shape index (κ2) is 15.6. The Morgan fingerprint density at radius 1 is 0.708 bits per heavy atom. The van der Waals surface area contributed by atoms with E-state index in [4.69, 9.17) is 17.2 Å². The summed E-state index contributed by atoms with van der Waals surface area (Å²) in [6, 6.07) is 19.4. The SMILES string of the molecule is Nc1ccc(N=Nc2ccc(N=Nc3c(S(=O)(=O)[O-])cc4c(c3N)C(=O)/C(=N\Nc3ccccc3)C(S(=O)(=O)[O-])=C4)cc2)c(N)c1.[Na+].[Na+]. The van der Waals surface area contributed by atoms with Gasteiger partial charge in [-0.05, 0) is 72.3 Å². The van der Waals surface area contributed by atoms with E-state index in [0.717, 1.165) is 0 Å². The quantitative estimate of drug-likeness (QED) is 0.0551. The Hall–Kier alpha value is -3.82. The first-order valence-corrected chi connectivity index (χ1v) is 15.7. The van der Waals surface area contributed by atoms with Gasteiger partial charge in [0, 0.05) is 5.69 Å². The number of rotatable bonds is 8. The van der Waals surface area contributed by atoms with Gasteiger partial charge in [0.1, 0.15) is 37.3 Å². The van der Waals surface area contributed by atoms with Crippen LogP contribution in [0.4, 0.5) is 45.5 Å². The first-order chi connectivity index (χ1) is 21.7. The molecule has 0 aliphatic heterocycles. The molecular formula is C28H21N9Na2O7S2. The van der Waals surface area contributed by atoms with E-state index in [1.165, 1.54) is 30.3 Å². The van der Waals surface area contributed by atoms with Crippen LogP contribution < -0.4 is 81.7 Å². The number of anilines is 4. The van der Waals surface area contributed by atoms with Crippen molar-refractivity contribution < 1.29 is 89.9 Å². The summed E-state index contributed by atoms with van der Waals surface area (Å²) in [4.78, 5) is 11.4. The maximum absolute atomic E-state index is 13.5. The number of carbonyl (C=O) groups is 1. The second-order valence-corrected chi connectivity index (χ2v) is 12.2. The minimum Gasteiger partial charge on any atom is -0.744 e. The van der Waals surface area contributed by atoms with Crippen molar-refractivity contribution >= 4 is 83.3 Å². The molecule has 48 heavy (non-hydrogen) atoms. The molecule has 20 heteroatoms. The number of nitrogens with zero attached hydrogens (tertiary/aromatic N) is 5. The summed E-state index contributed by atoms with van der Waals surface area (Å²) in [7, 11) is -10.6. The van der Waals surface area contributed by atoms with Crippen molar-refractivity contribution in [1.82, 2.24) is 0 Å². The predicted octanol–water partition coefficient (Wildman–Crippen LogP) is -1.27. The molecule has 0 aromatic heterocycles. The normalized spacial score (nSPS) is 13.9. The fraction of sp³-hybridized carbons (Fsp3) is 0. The number of nitrogens with two attached hydrogens (primary N) is 3. The molecule has 0 heterocycles. The topological polar surface area (TPSA) is 283 Å². The molecule has 0 bridgehead atoms. The predicted molar refractivity (Wildman–Crippen MR) is 168 cm³/mol. The van der Waals surface area contributed by atoms with E-state index in [9.17, 15) is 30.7 Å². The van der Waals surface area contributed by atoms with Gasteiger partial charge in [0.25, 0.3) is 0 Å². The Morgan fingerprint density at radius 3 is 1.88 bits per heavy atom. The summed E-state index contributed by atoms with van der Waals surface area (Å²) in [5, 5.41) is 19.7. The van der Waals surface area contributed by atoms with E-state index in [2.05, 4.69) is 31.0 Å². The van der Waals surface area contributed by atoms with Crippen LogP contribution in [-0.2, 0) is 20.2 Å². The summed E-state index contributed by atoms with van der Waals surface area (Å²) < 4.78 is 72.8. The van der Waals surface area contributed by atoms with Crippen molar-refractivity contribution in [1.29, 1.82) is 0 Å². The molecule has 1 aliphatic rings. The van der Waals surface area contributed by atoms with Gasteiger partial charge in [0.15, 0.2) is 0 Å². The van der Waals surface area contributed by atoms with Gasteiger partial charge in [-0.3, -0.25) is 10.2 Å². The second-order valence-electron chi connectivity index (χ2n) is 9.52. The molecule has 16 nitrogen and oxygen atoms in total. The first-order valence-electron chi connectivity index (χ1n) is 12.8. The maximum Gasteiger partial charge on any atom is 1.00 e. The number of benzene rings is 4. The van der Waals surface area contributed by atoms with Gasteiger partial charge in [-0.2, -0.15) is 15.3 Å². The van der Waals surface area contributed by atoms with Crippen LogP contribution in [0.15, 0.2) is 114 Å². The average molecular weight is 706 g/mol. The summed E-state index contributed by atoms with van der Waals surface area (Å²) >= 11 is 0. The minimum absolute atomic E-state index is 0. The van der Waals surface area contributed by atoms with Crippen LogP contribution in [-0.4, -0.2) is 37.4 Å². The summed E-state index contributed by atoms with van der Waals surface area (Å²) in [5.41, 5.74) is 19.3. The molecule has 4 aromatic carbocycles. The molecule has 0 spiro atoms. The largest absolute Gasteiger partial charge is 1.00 e. The van der Waals surface area contributed by atoms with E-state index in [1.807, 2.05) is 0 Å². The van der Waals surface area contributed by atoms with Crippen LogP contribution in [0.5, 0.6) is 0 Å². The average Bonchev–Trinajstić information content (AvgIpc) is 2.99. The van der Waals surface area contributed by atoms with Crippen LogP contribution in [0, 0.1) is 0 Å². The van der Waals surface area contributed by atoms with E-state index in [1.54, 1.807) is 42.5 Å². The number of hydrogen-bond acceptors (Lipinski definition) is 16. The fourth-order valence-corrected chi connectivity index (χ4v) is 5.49. The number of allylic oxidation sites excluding steroid dienone is 1. The summed E-state index contributed by atoms with van der Waals surface area (Å²) in [6.07, 6.45) is 0.710. The number of hydrogen-bond donors (Lipinski definition) is 4. The van der Waals surface area contributed by atoms with Crippen LogP contribution in [0.3, 0.4) is 0 Å². The number of hydrazone groups is 1. The van der Waals surface area contributed by atoms with Crippen molar-refractivity contribution in [3.8, 4) is 0 Å². The van der Waals surface area contributed by atoms with Gasteiger partial charge in [-0.25, -0.2) is 16.8 Å². The van der Waals surface area contributed by atoms with Gasteiger partial charge >= 0.3 is 59.1 Å². The third-order valence-electron chi connectivity index (χ3n) is 6.34. The van der Waals surface area contributed by atoms with Crippen molar-refractivity contribution in [3.05, 3.63) is 94.9 Å². The zero-order chi connectivity index (χ0) is 33.2. The molecule has 4 aromatic rings. The number of Topliss-reactive ketones (excluding diaryl/α,β-unsaturated/α-hetero) is 1. The molecule has 234 valence electrons. The van der Waals surface area contributed by atoms with Crippen molar-refractivity contribution in [2.45, 2.75) is 4.90 Å². The Morgan fingerprint density at radius 2 is 1.31 bits per heavy atom. The molecule has 7 N–H and O–H groups in total. The number of carbonyl (C=O) groups excluding carboxylic acids is 1. The van der Waals surface area contributed by atoms with Gasteiger partial charge < -0.3 is 26.3 Å². The fourth-order valence-electron chi connectivity index (χ4n) is 4.19. The van der Waals surface area contributed by atoms with E-state index >= 15 is 0 Å². The molecule has 0 saturated carbocycles. The van der Waals surface area contributed by atoms with Gasteiger partial charge in [0.05, 0.1) is 43.8 Å². The summed E-state index contributed by atoms with van der Waals surface area (Å²) in [6.45, 7) is 0. The Bertz CT molecular complexity index is 2230. The third kappa shape index (κ3) is 8.80. The van der Waals surface area contributed by atoms with Crippen molar-refractivity contribution in [2.24, 2.45) is 25.6 Å². The van der Waals surface area contributed by atoms with Crippen LogP contribution in [0.1, 0.15) is 15.9 Å². The van der Waals surface area contributed by atoms with Crippen molar-refractivity contribution in [2.75, 3.05) is 22.6 Å². The number of nitrogens with one attached hydrogen (secondary N) is 1. The summed E-state index contributed by atoms with van der Waals surface area (Å²) in [5.74, 6) is -1.14. The van der Waals surface area contributed by atoms with Crippen LogP contribution in [0.25, 0.3) is 6.08 Å². The molecule has 0 radical (unpaired) electrons. The Labute approximate surface area is 318 Å². The Balaban J connectivity index is 0.00000312. The molecule has 0 saturated heterocycles. The molecule has 0 atom stereocenters. The number of fused-ring (bicyclic) bond motifs is 1. The van der Waals surface area contributed by atoms with Gasteiger partial charge in [-0.15, -0.1) is 10.2 Å². The zero-order valence-corrected chi connectivity index (χ0v) is 30.9.